The highest BCUT2D eigenvalue weighted by Gasteiger charge is 1.95. The van der Waals surface area contributed by atoms with Gasteiger partial charge >= 0.3 is 0 Å². The zero-order chi connectivity index (χ0) is 9.84. The molecule has 68 valence electrons. The molecule has 1 aromatic rings. The second-order valence-corrected chi connectivity index (χ2v) is 2.49. The Hall–Kier alpha value is -2.04. The summed E-state index contributed by atoms with van der Waals surface area (Å²) in [5.41, 5.74) is 12.5. The number of nitrogen functional groups attached to an aromatic ring is 2. The van der Waals surface area contributed by atoms with E-state index in [2.05, 4.69) is 0 Å². The molecular weight excluding hydrogens is 170 g/mol. The number of nitrogens with two attached hydrogens (primary N) is 2. The number of rotatable bonds is 2. The minimum absolute atomic E-state index is 0.422. The molecule has 4 N–H and O–H groups in total. The fraction of sp³-hybridized carbons (Fsp3) is 0. The summed E-state index contributed by atoms with van der Waals surface area (Å²) in [5.74, 6) is 0. The lowest BCUT2D eigenvalue weighted by Gasteiger charge is -1.99. The Morgan fingerprint density at radius 1 is 1.31 bits per heavy atom. The topological polar surface area (TPSA) is 95.2 Å². The molecule has 0 saturated carbocycles. The highest BCUT2D eigenvalue weighted by atomic mass is 16.6. The first kappa shape index (κ1) is 9.05. The molecular formula is C8H9N3O2. The highest BCUT2D eigenvalue weighted by molar-refractivity contribution is 5.68. The minimum Gasteiger partial charge on any atom is -0.397 e. The molecule has 0 atom stereocenters. The maximum atomic E-state index is 9.99. The average molecular weight is 179 g/mol. The van der Waals surface area contributed by atoms with Gasteiger partial charge in [-0.15, -0.1) is 0 Å². The third kappa shape index (κ3) is 2.48. The standard InChI is InChI=1S/C8H9N3O2/c9-7-2-1-6(5-8(7)10)3-4-11(12)13/h1-5H,9-10H2. The van der Waals surface area contributed by atoms with E-state index in [1.165, 1.54) is 6.08 Å². The molecule has 0 aliphatic heterocycles. The third-order valence-corrected chi connectivity index (χ3v) is 1.50. The first-order chi connectivity index (χ1) is 6.09. The SMILES string of the molecule is Nc1ccc(C=C[N+](=O)[O-])cc1N. The van der Waals surface area contributed by atoms with Crippen molar-refractivity contribution in [3.63, 3.8) is 0 Å². The number of hydrogen-bond donors (Lipinski definition) is 2. The molecule has 0 amide bonds. The lowest BCUT2D eigenvalue weighted by atomic mass is 10.2. The van der Waals surface area contributed by atoms with Crippen molar-refractivity contribution < 1.29 is 4.92 Å². The van der Waals surface area contributed by atoms with Gasteiger partial charge in [0.25, 0.3) is 0 Å². The van der Waals surface area contributed by atoms with Crippen molar-refractivity contribution in [3.05, 3.63) is 40.1 Å². The maximum Gasteiger partial charge on any atom is 0.235 e. The largest absolute Gasteiger partial charge is 0.397 e. The van der Waals surface area contributed by atoms with Crippen LogP contribution in [0.4, 0.5) is 11.4 Å². The second-order valence-electron chi connectivity index (χ2n) is 2.49. The van der Waals surface area contributed by atoms with Gasteiger partial charge in [-0.2, -0.15) is 0 Å². The molecule has 0 fully saturated rings. The van der Waals surface area contributed by atoms with Crippen molar-refractivity contribution in [2.24, 2.45) is 0 Å². The lowest BCUT2D eigenvalue weighted by molar-refractivity contribution is -0.400. The van der Waals surface area contributed by atoms with E-state index in [1.807, 2.05) is 0 Å². The van der Waals surface area contributed by atoms with Gasteiger partial charge in [0.2, 0.25) is 6.20 Å². The van der Waals surface area contributed by atoms with E-state index in [-0.39, 0.29) is 0 Å². The molecule has 1 aromatic carbocycles. The summed E-state index contributed by atoms with van der Waals surface area (Å²) in [5, 5.41) is 9.99. The Morgan fingerprint density at radius 3 is 2.54 bits per heavy atom. The normalized spacial score (nSPS) is 10.5. The Morgan fingerprint density at radius 2 is 2.00 bits per heavy atom. The summed E-state index contributed by atoms with van der Waals surface area (Å²) in [6, 6.07) is 4.84. The molecule has 0 spiro atoms. The summed E-state index contributed by atoms with van der Waals surface area (Å²) in [7, 11) is 0. The fourth-order valence-electron chi connectivity index (χ4n) is 0.844. The average Bonchev–Trinajstić information content (AvgIpc) is 2.07. The van der Waals surface area contributed by atoms with E-state index < -0.39 is 4.92 Å². The van der Waals surface area contributed by atoms with Gasteiger partial charge in [-0.25, -0.2) is 0 Å². The Balaban J connectivity index is 2.92. The molecule has 0 aromatic heterocycles. The summed E-state index contributed by atoms with van der Waals surface area (Å²) in [6.45, 7) is 0. The zero-order valence-corrected chi connectivity index (χ0v) is 6.81. The molecule has 0 radical (unpaired) electrons. The summed E-state index contributed by atoms with van der Waals surface area (Å²) < 4.78 is 0. The van der Waals surface area contributed by atoms with E-state index >= 15 is 0 Å². The van der Waals surface area contributed by atoms with Crippen LogP contribution < -0.4 is 11.5 Å². The van der Waals surface area contributed by atoms with Crippen LogP contribution in [0.15, 0.2) is 24.4 Å². The van der Waals surface area contributed by atoms with Crippen LogP contribution in [0, 0.1) is 10.1 Å². The van der Waals surface area contributed by atoms with Crippen molar-refractivity contribution in [3.8, 4) is 0 Å². The van der Waals surface area contributed by atoms with E-state index in [9.17, 15) is 10.1 Å². The fourth-order valence-corrected chi connectivity index (χ4v) is 0.844. The van der Waals surface area contributed by atoms with Crippen LogP contribution in [0.25, 0.3) is 6.08 Å². The van der Waals surface area contributed by atoms with Gasteiger partial charge in [0.05, 0.1) is 16.3 Å². The maximum absolute atomic E-state index is 9.99. The number of hydrogen-bond acceptors (Lipinski definition) is 4. The molecule has 0 saturated heterocycles. The van der Waals surface area contributed by atoms with Crippen molar-refractivity contribution in [2.45, 2.75) is 0 Å². The van der Waals surface area contributed by atoms with Crippen LogP contribution in [-0.2, 0) is 0 Å². The molecule has 0 bridgehead atoms. The van der Waals surface area contributed by atoms with Crippen molar-refractivity contribution in [1.82, 2.24) is 0 Å². The summed E-state index contributed by atoms with van der Waals surface area (Å²) in [6.07, 6.45) is 2.21. The highest BCUT2D eigenvalue weighted by Crippen LogP contribution is 2.16. The molecule has 13 heavy (non-hydrogen) atoms. The molecule has 0 aliphatic carbocycles. The molecule has 5 nitrogen and oxygen atoms in total. The second kappa shape index (κ2) is 3.57. The quantitative estimate of drug-likeness (QED) is 0.403. The molecule has 0 unspecified atom stereocenters. The first-order valence-electron chi connectivity index (χ1n) is 3.56. The molecule has 1 rings (SSSR count). The molecule has 0 aliphatic rings. The van der Waals surface area contributed by atoms with Crippen LogP contribution >= 0.6 is 0 Å². The van der Waals surface area contributed by atoms with E-state index in [1.54, 1.807) is 18.2 Å². The van der Waals surface area contributed by atoms with Crippen LogP contribution in [0.2, 0.25) is 0 Å². The number of nitro groups is 1. The van der Waals surface area contributed by atoms with Crippen LogP contribution in [0.3, 0.4) is 0 Å². The van der Waals surface area contributed by atoms with Crippen molar-refractivity contribution in [2.75, 3.05) is 11.5 Å². The summed E-state index contributed by atoms with van der Waals surface area (Å²) in [4.78, 5) is 9.45. The van der Waals surface area contributed by atoms with Crippen molar-refractivity contribution in [1.29, 1.82) is 0 Å². The Labute approximate surface area is 74.8 Å². The van der Waals surface area contributed by atoms with Gasteiger partial charge < -0.3 is 11.5 Å². The predicted octanol–water partition coefficient (Wildman–Crippen LogP) is 1.10. The lowest BCUT2D eigenvalue weighted by Crippen LogP contribution is -1.94. The number of benzene rings is 1. The van der Waals surface area contributed by atoms with Gasteiger partial charge in [-0.1, -0.05) is 6.07 Å². The van der Waals surface area contributed by atoms with Gasteiger partial charge in [-0.05, 0) is 17.7 Å². The van der Waals surface area contributed by atoms with Gasteiger partial charge in [0.1, 0.15) is 0 Å². The van der Waals surface area contributed by atoms with E-state index in [0.717, 1.165) is 6.20 Å². The van der Waals surface area contributed by atoms with Crippen LogP contribution in [0.5, 0.6) is 0 Å². The van der Waals surface area contributed by atoms with E-state index in [4.69, 9.17) is 11.5 Å². The number of nitrogens with zero attached hydrogens (tertiary/aromatic N) is 1. The Kier molecular flexibility index (Phi) is 2.49. The summed E-state index contributed by atoms with van der Waals surface area (Å²) >= 11 is 0. The molecule has 0 heterocycles. The molecule has 5 heteroatoms. The predicted molar refractivity (Wildman–Crippen MR) is 51.3 cm³/mol. The number of anilines is 2. The minimum atomic E-state index is -0.535. The van der Waals surface area contributed by atoms with Gasteiger partial charge in [0.15, 0.2) is 0 Å². The van der Waals surface area contributed by atoms with Crippen LogP contribution in [-0.4, -0.2) is 4.92 Å². The van der Waals surface area contributed by atoms with Gasteiger partial charge in [0, 0.05) is 6.08 Å². The third-order valence-electron chi connectivity index (χ3n) is 1.50. The Bertz CT molecular complexity index is 360. The van der Waals surface area contributed by atoms with E-state index in [0.29, 0.717) is 16.9 Å². The monoisotopic (exact) mass is 179 g/mol. The van der Waals surface area contributed by atoms with Crippen molar-refractivity contribution >= 4 is 17.5 Å². The first-order valence-corrected chi connectivity index (χ1v) is 3.56. The smallest absolute Gasteiger partial charge is 0.235 e. The zero-order valence-electron chi connectivity index (χ0n) is 6.81. The van der Waals surface area contributed by atoms with Crippen LogP contribution in [0.1, 0.15) is 5.56 Å². The van der Waals surface area contributed by atoms with Gasteiger partial charge in [-0.3, -0.25) is 10.1 Å².